The third-order valence-electron chi connectivity index (χ3n) is 5.05. The van der Waals surface area contributed by atoms with E-state index in [1.165, 1.54) is 16.8 Å². The highest BCUT2D eigenvalue weighted by molar-refractivity contribution is 5.37. The summed E-state index contributed by atoms with van der Waals surface area (Å²) >= 11 is 0. The van der Waals surface area contributed by atoms with Crippen LogP contribution < -0.4 is 0 Å². The lowest BCUT2D eigenvalue weighted by Crippen LogP contribution is -2.28. The average Bonchev–Trinajstić information content (AvgIpc) is 3.15. The molecule has 1 aromatic heterocycles. The molecule has 3 rings (SSSR count). The van der Waals surface area contributed by atoms with Gasteiger partial charge in [-0.3, -0.25) is 4.90 Å². The van der Waals surface area contributed by atoms with Crippen molar-refractivity contribution in [3.8, 4) is 6.07 Å². The molecular weight excluding hydrogens is 346 g/mol. The minimum Gasteiger partial charge on any atom is -0.383 e. The van der Waals surface area contributed by atoms with Crippen molar-refractivity contribution < 1.29 is 4.74 Å². The van der Waals surface area contributed by atoms with Crippen LogP contribution in [0, 0.1) is 18.3 Å². The van der Waals surface area contributed by atoms with Crippen LogP contribution in [0.1, 0.15) is 27.9 Å². The molecule has 0 aliphatic rings. The number of methoxy groups -OCH3 is 1. The summed E-state index contributed by atoms with van der Waals surface area (Å²) in [5.74, 6) is 0. The molecule has 0 radical (unpaired) electrons. The normalized spacial score (nSPS) is 10.9. The van der Waals surface area contributed by atoms with E-state index in [1.807, 2.05) is 24.3 Å². The van der Waals surface area contributed by atoms with Gasteiger partial charge in [0.05, 0.1) is 18.2 Å². The summed E-state index contributed by atoms with van der Waals surface area (Å²) < 4.78 is 7.62. The minimum atomic E-state index is 0.660. The van der Waals surface area contributed by atoms with Gasteiger partial charge in [-0.2, -0.15) is 5.26 Å². The molecule has 3 aromatic rings. The molecule has 1 heterocycles. The van der Waals surface area contributed by atoms with Gasteiger partial charge in [-0.25, -0.2) is 0 Å². The van der Waals surface area contributed by atoms with Crippen LogP contribution in [0.5, 0.6) is 0 Å². The summed E-state index contributed by atoms with van der Waals surface area (Å²) in [4.78, 5) is 2.34. The number of nitriles is 1. The van der Waals surface area contributed by atoms with Crippen molar-refractivity contribution in [2.45, 2.75) is 26.6 Å². The van der Waals surface area contributed by atoms with E-state index in [9.17, 15) is 5.26 Å². The number of hydrogen-bond acceptors (Lipinski definition) is 3. The second-order valence-electron chi connectivity index (χ2n) is 7.03. The molecule has 0 fully saturated rings. The summed E-state index contributed by atoms with van der Waals surface area (Å²) in [5.41, 5.74) is 5.69. The molecule has 4 nitrogen and oxygen atoms in total. The molecule has 0 aliphatic carbocycles. The Hall–Kier alpha value is -2.87. The Kier molecular flexibility index (Phi) is 7.02. The van der Waals surface area contributed by atoms with Crippen molar-refractivity contribution in [3.63, 3.8) is 0 Å². The number of aromatic nitrogens is 1. The van der Waals surface area contributed by atoms with Gasteiger partial charge in [0, 0.05) is 45.2 Å². The highest BCUT2D eigenvalue weighted by atomic mass is 16.5. The Bertz CT molecular complexity index is 939. The summed E-state index contributed by atoms with van der Waals surface area (Å²) in [6, 6.07) is 22.9. The van der Waals surface area contributed by atoms with Crippen LogP contribution in [0.2, 0.25) is 0 Å². The first-order chi connectivity index (χ1) is 13.7. The number of ether oxygens (including phenoxy) is 1. The molecule has 144 valence electrons. The maximum Gasteiger partial charge on any atom is 0.0995 e. The SMILES string of the molecule is COCCN(Cc1ccccc1C#N)Cc1cccn1Cc1ccccc1C. The van der Waals surface area contributed by atoms with Gasteiger partial charge in [-0.15, -0.1) is 0 Å². The van der Waals surface area contributed by atoms with E-state index in [2.05, 4.69) is 65.1 Å². The monoisotopic (exact) mass is 373 g/mol. The molecule has 0 saturated carbocycles. The molecule has 0 N–H and O–H groups in total. The first kappa shape index (κ1) is 19.9. The zero-order valence-corrected chi connectivity index (χ0v) is 16.6. The molecule has 0 atom stereocenters. The van der Waals surface area contributed by atoms with Crippen LogP contribution in [0.25, 0.3) is 0 Å². The predicted octanol–water partition coefficient (Wildman–Crippen LogP) is 4.37. The number of rotatable bonds is 9. The van der Waals surface area contributed by atoms with Crippen LogP contribution in [0.15, 0.2) is 66.9 Å². The van der Waals surface area contributed by atoms with E-state index in [1.54, 1.807) is 7.11 Å². The minimum absolute atomic E-state index is 0.660. The molecule has 0 amide bonds. The zero-order chi connectivity index (χ0) is 19.8. The molecule has 2 aromatic carbocycles. The first-order valence-electron chi connectivity index (χ1n) is 9.59. The van der Waals surface area contributed by atoms with Crippen LogP contribution in [0.3, 0.4) is 0 Å². The Morgan fingerprint density at radius 3 is 2.46 bits per heavy atom. The summed E-state index contributed by atoms with van der Waals surface area (Å²) in [6.45, 7) is 6.02. The van der Waals surface area contributed by atoms with Gasteiger partial charge in [0.15, 0.2) is 0 Å². The lowest BCUT2D eigenvalue weighted by Gasteiger charge is -2.23. The van der Waals surface area contributed by atoms with Crippen molar-refractivity contribution in [1.82, 2.24) is 9.47 Å². The fourth-order valence-corrected chi connectivity index (χ4v) is 3.39. The molecule has 28 heavy (non-hydrogen) atoms. The van der Waals surface area contributed by atoms with Gasteiger partial charge >= 0.3 is 0 Å². The van der Waals surface area contributed by atoms with Crippen LogP contribution >= 0.6 is 0 Å². The Balaban J connectivity index is 1.77. The summed E-state index contributed by atoms with van der Waals surface area (Å²) in [7, 11) is 1.72. The predicted molar refractivity (Wildman–Crippen MR) is 112 cm³/mol. The van der Waals surface area contributed by atoms with Gasteiger partial charge in [-0.05, 0) is 41.8 Å². The Morgan fingerprint density at radius 1 is 0.964 bits per heavy atom. The maximum absolute atomic E-state index is 9.40. The zero-order valence-electron chi connectivity index (χ0n) is 16.6. The van der Waals surface area contributed by atoms with E-state index >= 15 is 0 Å². The van der Waals surface area contributed by atoms with Crippen molar-refractivity contribution in [2.75, 3.05) is 20.3 Å². The van der Waals surface area contributed by atoms with Crippen molar-refractivity contribution in [1.29, 1.82) is 5.26 Å². The molecular formula is C24H27N3O. The summed E-state index contributed by atoms with van der Waals surface area (Å²) in [5, 5.41) is 9.40. The van der Waals surface area contributed by atoms with Crippen LogP contribution in [-0.4, -0.2) is 29.7 Å². The number of hydrogen-bond donors (Lipinski definition) is 0. The fraction of sp³-hybridized carbons (Fsp3) is 0.292. The lowest BCUT2D eigenvalue weighted by molar-refractivity contribution is 0.138. The van der Waals surface area contributed by atoms with Crippen LogP contribution in [-0.2, 0) is 24.4 Å². The summed E-state index contributed by atoms with van der Waals surface area (Å²) in [6.07, 6.45) is 2.14. The molecule has 4 heteroatoms. The number of benzene rings is 2. The van der Waals surface area contributed by atoms with Crippen LogP contribution in [0.4, 0.5) is 0 Å². The Labute approximate surface area is 167 Å². The number of aryl methyl sites for hydroxylation is 1. The quantitative estimate of drug-likeness (QED) is 0.559. The van der Waals surface area contributed by atoms with Gasteiger partial charge < -0.3 is 9.30 Å². The van der Waals surface area contributed by atoms with Crippen molar-refractivity contribution in [3.05, 3.63) is 94.8 Å². The largest absolute Gasteiger partial charge is 0.383 e. The highest BCUT2D eigenvalue weighted by Crippen LogP contribution is 2.16. The molecule has 0 spiro atoms. The van der Waals surface area contributed by atoms with Gasteiger partial charge in [0.1, 0.15) is 0 Å². The second kappa shape index (κ2) is 9.89. The number of nitrogens with zero attached hydrogens (tertiary/aromatic N) is 3. The van der Waals surface area contributed by atoms with Crippen molar-refractivity contribution >= 4 is 0 Å². The highest BCUT2D eigenvalue weighted by Gasteiger charge is 2.12. The van der Waals surface area contributed by atoms with E-state index in [0.29, 0.717) is 6.61 Å². The Morgan fingerprint density at radius 2 is 1.71 bits per heavy atom. The van der Waals surface area contributed by atoms with E-state index in [0.717, 1.165) is 37.3 Å². The average molecular weight is 374 g/mol. The van der Waals surface area contributed by atoms with E-state index < -0.39 is 0 Å². The molecule has 0 aliphatic heterocycles. The van der Waals surface area contributed by atoms with E-state index in [-0.39, 0.29) is 0 Å². The molecule has 0 bridgehead atoms. The third-order valence-corrected chi connectivity index (χ3v) is 5.05. The first-order valence-corrected chi connectivity index (χ1v) is 9.59. The fourth-order valence-electron chi connectivity index (χ4n) is 3.39. The lowest BCUT2D eigenvalue weighted by atomic mass is 10.1. The standard InChI is InChI=1S/C24H27N3O/c1-20-8-3-4-10-22(20)18-27-13-7-12-24(27)19-26(14-15-28-2)17-23-11-6-5-9-21(23)16-25/h3-13H,14-15,17-19H2,1-2H3. The second-order valence-corrected chi connectivity index (χ2v) is 7.03. The molecule has 0 saturated heterocycles. The smallest absolute Gasteiger partial charge is 0.0995 e. The third kappa shape index (κ3) is 5.10. The van der Waals surface area contributed by atoms with Crippen molar-refractivity contribution in [2.24, 2.45) is 0 Å². The van der Waals surface area contributed by atoms with Gasteiger partial charge in [0.25, 0.3) is 0 Å². The van der Waals surface area contributed by atoms with Gasteiger partial charge in [-0.1, -0.05) is 42.5 Å². The topological polar surface area (TPSA) is 41.2 Å². The van der Waals surface area contributed by atoms with Gasteiger partial charge in [0.2, 0.25) is 0 Å². The van der Waals surface area contributed by atoms with E-state index in [4.69, 9.17) is 4.74 Å². The molecule has 0 unspecified atom stereocenters. The maximum atomic E-state index is 9.40.